The number of ether oxygens (including phenoxy) is 1. The third-order valence-electron chi connectivity index (χ3n) is 3.15. The molecule has 0 aliphatic carbocycles. The summed E-state index contributed by atoms with van der Waals surface area (Å²) in [5, 5.41) is 9.11. The Balaban J connectivity index is 2.14. The van der Waals surface area contributed by atoms with Gasteiger partial charge in [0.2, 0.25) is 0 Å². The van der Waals surface area contributed by atoms with Crippen molar-refractivity contribution in [2.45, 2.75) is 25.9 Å². The fourth-order valence-corrected chi connectivity index (χ4v) is 2.37. The van der Waals surface area contributed by atoms with E-state index in [1.807, 2.05) is 31.2 Å². The quantitative estimate of drug-likeness (QED) is 0.800. The van der Waals surface area contributed by atoms with E-state index >= 15 is 0 Å². The first-order chi connectivity index (χ1) is 8.35. The number of rotatable bonds is 3. The Labute approximate surface area is 103 Å². The van der Waals surface area contributed by atoms with E-state index in [0.717, 1.165) is 43.8 Å². The largest absolute Gasteiger partial charge is 0.377 e. The van der Waals surface area contributed by atoms with Crippen molar-refractivity contribution in [3.05, 3.63) is 29.8 Å². The van der Waals surface area contributed by atoms with Crippen molar-refractivity contribution in [1.82, 2.24) is 0 Å². The van der Waals surface area contributed by atoms with E-state index in [2.05, 4.69) is 11.0 Å². The molecule has 17 heavy (non-hydrogen) atoms. The van der Waals surface area contributed by atoms with Gasteiger partial charge in [-0.3, -0.25) is 0 Å². The molecule has 0 amide bonds. The van der Waals surface area contributed by atoms with Crippen LogP contribution in [0.3, 0.4) is 0 Å². The van der Waals surface area contributed by atoms with E-state index in [1.54, 1.807) is 0 Å². The first-order valence-electron chi connectivity index (χ1n) is 6.21. The lowest BCUT2D eigenvalue weighted by Crippen LogP contribution is -2.40. The van der Waals surface area contributed by atoms with Gasteiger partial charge in [0.05, 0.1) is 17.4 Å². The molecular formula is C14H18N2O. The van der Waals surface area contributed by atoms with Crippen molar-refractivity contribution < 1.29 is 4.74 Å². The van der Waals surface area contributed by atoms with E-state index in [-0.39, 0.29) is 0 Å². The normalized spacial score (nSPS) is 20.0. The first kappa shape index (κ1) is 11.9. The molecule has 1 aliphatic rings. The summed E-state index contributed by atoms with van der Waals surface area (Å²) in [4.78, 5) is 2.27. The molecular weight excluding hydrogens is 212 g/mol. The molecule has 0 spiro atoms. The Bertz CT molecular complexity index is 409. The van der Waals surface area contributed by atoms with Gasteiger partial charge in [0.25, 0.3) is 0 Å². The number of para-hydroxylation sites is 1. The molecule has 0 N–H and O–H groups in total. The second kappa shape index (κ2) is 5.70. The summed E-state index contributed by atoms with van der Waals surface area (Å²) in [6.07, 6.45) is 2.56. The van der Waals surface area contributed by atoms with Gasteiger partial charge in [-0.1, -0.05) is 12.1 Å². The molecule has 1 fully saturated rings. The third kappa shape index (κ3) is 2.78. The van der Waals surface area contributed by atoms with Crippen LogP contribution in [0.2, 0.25) is 0 Å². The summed E-state index contributed by atoms with van der Waals surface area (Å²) in [6.45, 7) is 4.70. The Hall–Kier alpha value is -1.53. The molecule has 0 bridgehead atoms. The van der Waals surface area contributed by atoms with E-state index < -0.39 is 0 Å². The van der Waals surface area contributed by atoms with Gasteiger partial charge in [0.15, 0.2) is 0 Å². The van der Waals surface area contributed by atoms with E-state index in [0.29, 0.717) is 6.10 Å². The van der Waals surface area contributed by atoms with Gasteiger partial charge in [0.1, 0.15) is 6.07 Å². The van der Waals surface area contributed by atoms with Crippen LogP contribution in [0.4, 0.5) is 5.69 Å². The van der Waals surface area contributed by atoms with Gasteiger partial charge in [0, 0.05) is 19.7 Å². The minimum Gasteiger partial charge on any atom is -0.377 e. The summed E-state index contributed by atoms with van der Waals surface area (Å²) in [6, 6.07) is 10.0. The number of hydrogen-bond acceptors (Lipinski definition) is 3. The van der Waals surface area contributed by atoms with Crippen LogP contribution < -0.4 is 4.90 Å². The second-order valence-electron chi connectivity index (χ2n) is 4.29. The zero-order valence-corrected chi connectivity index (χ0v) is 10.2. The van der Waals surface area contributed by atoms with Gasteiger partial charge in [-0.05, 0) is 31.9 Å². The zero-order valence-electron chi connectivity index (χ0n) is 10.2. The predicted molar refractivity (Wildman–Crippen MR) is 68.0 cm³/mol. The van der Waals surface area contributed by atoms with E-state index in [1.165, 1.54) is 0 Å². The van der Waals surface area contributed by atoms with E-state index in [9.17, 15) is 0 Å². The number of piperidine rings is 1. The molecule has 0 saturated carbocycles. The molecule has 1 unspecified atom stereocenters. The minimum absolute atomic E-state index is 0.306. The maximum Gasteiger partial charge on any atom is 0.101 e. The number of nitrogens with zero attached hydrogens (tertiary/aromatic N) is 2. The smallest absolute Gasteiger partial charge is 0.101 e. The topological polar surface area (TPSA) is 36.3 Å². The molecule has 1 atom stereocenters. The molecule has 90 valence electrons. The number of anilines is 1. The van der Waals surface area contributed by atoms with Gasteiger partial charge in [-0.25, -0.2) is 0 Å². The monoisotopic (exact) mass is 230 g/mol. The SMILES string of the molecule is CCOC1CCCN(c2ccccc2C#N)C1. The molecule has 0 aromatic heterocycles. The fraction of sp³-hybridized carbons (Fsp3) is 0.500. The van der Waals surface area contributed by atoms with Crippen LogP contribution in [0.25, 0.3) is 0 Å². The maximum atomic E-state index is 9.11. The van der Waals surface area contributed by atoms with Crippen molar-refractivity contribution in [3.63, 3.8) is 0 Å². The second-order valence-corrected chi connectivity index (χ2v) is 4.29. The number of benzene rings is 1. The summed E-state index contributed by atoms with van der Waals surface area (Å²) in [5.41, 5.74) is 1.80. The average Bonchev–Trinajstić information content (AvgIpc) is 2.39. The summed E-state index contributed by atoms with van der Waals surface area (Å²) < 4.78 is 5.68. The van der Waals surface area contributed by atoms with Crippen LogP contribution >= 0.6 is 0 Å². The van der Waals surface area contributed by atoms with Crippen molar-refractivity contribution in [3.8, 4) is 6.07 Å². The highest BCUT2D eigenvalue weighted by molar-refractivity contribution is 5.59. The highest BCUT2D eigenvalue weighted by Gasteiger charge is 2.21. The van der Waals surface area contributed by atoms with Crippen LogP contribution in [0.5, 0.6) is 0 Å². The molecule has 2 rings (SSSR count). The lowest BCUT2D eigenvalue weighted by molar-refractivity contribution is 0.0526. The van der Waals surface area contributed by atoms with Crippen molar-refractivity contribution in [2.75, 3.05) is 24.6 Å². The van der Waals surface area contributed by atoms with Gasteiger partial charge >= 0.3 is 0 Å². The molecule has 1 aliphatic heterocycles. The molecule has 0 radical (unpaired) electrons. The summed E-state index contributed by atoms with van der Waals surface area (Å²) in [5.74, 6) is 0. The molecule has 3 heteroatoms. The third-order valence-corrected chi connectivity index (χ3v) is 3.15. The van der Waals surface area contributed by atoms with Gasteiger partial charge < -0.3 is 9.64 Å². The highest BCUT2D eigenvalue weighted by Crippen LogP contribution is 2.24. The fourth-order valence-electron chi connectivity index (χ4n) is 2.37. The standard InChI is InChI=1S/C14H18N2O/c1-2-17-13-7-5-9-16(11-13)14-8-4-3-6-12(14)10-15/h3-4,6,8,13H,2,5,7,9,11H2,1H3. The zero-order chi connectivity index (χ0) is 12.1. The number of hydrogen-bond donors (Lipinski definition) is 0. The minimum atomic E-state index is 0.306. The Morgan fingerprint density at radius 3 is 3.06 bits per heavy atom. The molecule has 1 aromatic rings. The molecule has 1 aromatic carbocycles. The Morgan fingerprint density at radius 2 is 2.29 bits per heavy atom. The van der Waals surface area contributed by atoms with Crippen LogP contribution in [0, 0.1) is 11.3 Å². The summed E-state index contributed by atoms with van der Waals surface area (Å²) in [7, 11) is 0. The molecule has 1 saturated heterocycles. The predicted octanol–water partition coefficient (Wildman–Crippen LogP) is 2.56. The highest BCUT2D eigenvalue weighted by atomic mass is 16.5. The van der Waals surface area contributed by atoms with Gasteiger partial charge in [-0.15, -0.1) is 0 Å². The Morgan fingerprint density at radius 1 is 1.47 bits per heavy atom. The molecule has 1 heterocycles. The van der Waals surface area contributed by atoms with Crippen molar-refractivity contribution in [1.29, 1.82) is 5.26 Å². The van der Waals surface area contributed by atoms with Crippen LogP contribution in [-0.4, -0.2) is 25.8 Å². The lowest BCUT2D eigenvalue weighted by Gasteiger charge is -2.34. The lowest BCUT2D eigenvalue weighted by atomic mass is 10.1. The van der Waals surface area contributed by atoms with Crippen LogP contribution in [0.15, 0.2) is 24.3 Å². The maximum absolute atomic E-state index is 9.11. The van der Waals surface area contributed by atoms with E-state index in [4.69, 9.17) is 10.00 Å². The van der Waals surface area contributed by atoms with Gasteiger partial charge in [-0.2, -0.15) is 5.26 Å². The molecule has 3 nitrogen and oxygen atoms in total. The first-order valence-corrected chi connectivity index (χ1v) is 6.21. The van der Waals surface area contributed by atoms with Crippen LogP contribution in [-0.2, 0) is 4.74 Å². The van der Waals surface area contributed by atoms with Crippen molar-refractivity contribution in [2.24, 2.45) is 0 Å². The summed E-state index contributed by atoms with van der Waals surface area (Å²) >= 11 is 0. The van der Waals surface area contributed by atoms with Crippen molar-refractivity contribution >= 4 is 5.69 Å². The van der Waals surface area contributed by atoms with Crippen LogP contribution in [0.1, 0.15) is 25.3 Å². The average molecular weight is 230 g/mol. The Kier molecular flexibility index (Phi) is 4.00. The number of nitriles is 1.